The molecule has 4 saturated carbocycles. The van der Waals surface area contributed by atoms with Gasteiger partial charge < -0.3 is 14.3 Å². The number of aliphatic hydroxyl groups is 1. The van der Waals surface area contributed by atoms with Crippen molar-refractivity contribution in [1.29, 1.82) is 0 Å². The number of methoxy groups -OCH3 is 1. The molecule has 0 aromatic rings. The van der Waals surface area contributed by atoms with Crippen LogP contribution in [0.5, 0.6) is 0 Å². The molecule has 0 unspecified atom stereocenters. The number of ketones is 1. The third kappa shape index (κ3) is 4.56. The Hall–Kier alpha value is -0.723. The van der Waals surface area contributed by atoms with Crippen molar-refractivity contribution in [1.82, 2.24) is 0 Å². The van der Waals surface area contributed by atoms with Gasteiger partial charge in [0.05, 0.1) is 7.11 Å². The highest BCUT2D eigenvalue weighted by Gasteiger charge is 2.64. The lowest BCUT2D eigenvalue weighted by molar-refractivity contribution is -0.220. The third-order valence-corrected chi connectivity index (χ3v) is 11.8. The average Bonchev–Trinajstić information content (AvgIpc) is 3.09. The van der Waals surface area contributed by atoms with Gasteiger partial charge in [0.15, 0.2) is 14.1 Å². The van der Waals surface area contributed by atoms with Crippen molar-refractivity contribution in [2.24, 2.45) is 46.3 Å². The van der Waals surface area contributed by atoms with Gasteiger partial charge in [0, 0.05) is 31.6 Å². The van der Waals surface area contributed by atoms with Crippen molar-refractivity contribution in [3.8, 4) is 0 Å². The summed E-state index contributed by atoms with van der Waals surface area (Å²) >= 11 is 0. The fourth-order valence-corrected chi connectivity index (χ4v) is 10.5. The number of carbonyl (C=O) groups excluding carboxylic acids is 2. The summed E-state index contributed by atoms with van der Waals surface area (Å²) < 4.78 is 11.1. The van der Waals surface area contributed by atoms with E-state index in [-0.39, 0.29) is 28.6 Å². The number of hydrogen-bond donors (Lipinski definition) is 1. The van der Waals surface area contributed by atoms with Crippen LogP contribution in [0.1, 0.15) is 85.0 Å². The third-order valence-electron chi connectivity index (χ3n) is 10.8. The molecule has 0 aliphatic heterocycles. The van der Waals surface area contributed by atoms with Gasteiger partial charge in [-0.15, -0.1) is 0 Å². The predicted octanol–water partition coefficient (Wildman–Crippen LogP) is 5.95. The fraction of sp³-hybridized carbons (Fsp3) is 0.929. The normalized spacial score (nSPS) is 45.2. The number of rotatable bonds is 6. The van der Waals surface area contributed by atoms with Crippen molar-refractivity contribution >= 4 is 20.1 Å². The Morgan fingerprint density at radius 3 is 2.41 bits per heavy atom. The number of esters is 1. The van der Waals surface area contributed by atoms with Crippen LogP contribution >= 0.6 is 0 Å². The number of carbonyl (C=O) groups is 2. The zero-order valence-corrected chi connectivity index (χ0v) is 23.6. The molecule has 4 aliphatic rings. The molecule has 0 heterocycles. The summed E-state index contributed by atoms with van der Waals surface area (Å²) in [5.74, 6) is 1.59. The molecule has 194 valence electrons. The van der Waals surface area contributed by atoms with E-state index >= 15 is 0 Å². The highest BCUT2D eigenvalue weighted by atomic mass is 28.4. The summed E-state index contributed by atoms with van der Waals surface area (Å²) in [4.78, 5) is 25.5. The van der Waals surface area contributed by atoms with E-state index < -0.39 is 14.1 Å². The molecule has 1 N–H and O–H groups in total. The maximum Gasteiger partial charge on any atom is 0.305 e. The van der Waals surface area contributed by atoms with Crippen LogP contribution in [0.2, 0.25) is 19.6 Å². The van der Waals surface area contributed by atoms with E-state index in [0.717, 1.165) is 25.7 Å². The molecular formula is C28H48O5Si. The summed E-state index contributed by atoms with van der Waals surface area (Å²) in [5, 5.41) is 11.3. The highest BCUT2D eigenvalue weighted by Crippen LogP contribution is 2.68. The molecule has 0 aromatic heterocycles. The first-order valence-corrected chi connectivity index (χ1v) is 17.2. The molecule has 9 atom stereocenters. The monoisotopic (exact) mass is 492 g/mol. The minimum absolute atomic E-state index is 0.115. The van der Waals surface area contributed by atoms with Gasteiger partial charge in [0.2, 0.25) is 0 Å². The van der Waals surface area contributed by atoms with E-state index in [1.807, 2.05) is 0 Å². The molecule has 0 amide bonds. The van der Waals surface area contributed by atoms with Gasteiger partial charge in [0.25, 0.3) is 0 Å². The van der Waals surface area contributed by atoms with Crippen LogP contribution in [-0.2, 0) is 18.8 Å². The highest BCUT2D eigenvalue weighted by molar-refractivity contribution is 6.69. The van der Waals surface area contributed by atoms with Gasteiger partial charge in [0.1, 0.15) is 5.78 Å². The second-order valence-electron chi connectivity index (χ2n) is 13.8. The minimum Gasteiger partial charge on any atom is -0.469 e. The lowest BCUT2D eigenvalue weighted by atomic mass is 9.44. The molecule has 0 aromatic carbocycles. The van der Waals surface area contributed by atoms with E-state index in [4.69, 9.17) is 9.16 Å². The van der Waals surface area contributed by atoms with Gasteiger partial charge in [-0.05, 0) is 98.6 Å². The zero-order valence-electron chi connectivity index (χ0n) is 22.6. The maximum atomic E-state index is 13.8. The van der Waals surface area contributed by atoms with Crippen LogP contribution in [-0.4, -0.2) is 38.1 Å². The Kier molecular flexibility index (Phi) is 6.96. The van der Waals surface area contributed by atoms with Crippen molar-refractivity contribution in [3.05, 3.63) is 0 Å². The summed E-state index contributed by atoms with van der Waals surface area (Å²) in [5.41, 5.74) is 0.301. The summed E-state index contributed by atoms with van der Waals surface area (Å²) in [6.07, 6.45) is 8.82. The van der Waals surface area contributed by atoms with Gasteiger partial charge in [-0.25, -0.2) is 0 Å². The van der Waals surface area contributed by atoms with Crippen molar-refractivity contribution < 1.29 is 23.9 Å². The molecule has 0 radical (unpaired) electrons. The molecule has 5 nitrogen and oxygen atoms in total. The van der Waals surface area contributed by atoms with Crippen molar-refractivity contribution in [2.75, 3.05) is 7.11 Å². The lowest BCUT2D eigenvalue weighted by Gasteiger charge is -2.61. The fourth-order valence-electron chi connectivity index (χ4n) is 9.18. The molecule has 4 rings (SSSR count). The average molecular weight is 493 g/mol. The molecule has 0 saturated heterocycles. The summed E-state index contributed by atoms with van der Waals surface area (Å²) in [7, 11) is -0.411. The smallest absolute Gasteiger partial charge is 0.305 e. The number of Topliss-reactive ketones (excluding diaryl/α,β-unsaturated/α-hetero) is 1. The topological polar surface area (TPSA) is 72.8 Å². The summed E-state index contributed by atoms with van der Waals surface area (Å²) in [6.45, 7) is 13.6. The molecular weight excluding hydrogens is 444 g/mol. The summed E-state index contributed by atoms with van der Waals surface area (Å²) in [6, 6.07) is 0. The first kappa shape index (κ1) is 26.3. The van der Waals surface area contributed by atoms with Crippen LogP contribution in [0.15, 0.2) is 0 Å². The Balaban J connectivity index is 1.51. The maximum absolute atomic E-state index is 13.8. The van der Waals surface area contributed by atoms with E-state index in [1.165, 1.54) is 20.0 Å². The molecule has 0 spiro atoms. The van der Waals surface area contributed by atoms with Crippen LogP contribution in [0.4, 0.5) is 0 Å². The zero-order chi connectivity index (χ0) is 25.1. The van der Waals surface area contributed by atoms with Crippen LogP contribution < -0.4 is 0 Å². The van der Waals surface area contributed by atoms with Crippen molar-refractivity contribution in [3.63, 3.8) is 0 Å². The first-order valence-electron chi connectivity index (χ1n) is 13.7. The van der Waals surface area contributed by atoms with Gasteiger partial charge in [-0.3, -0.25) is 9.59 Å². The molecule has 34 heavy (non-hydrogen) atoms. The quantitative estimate of drug-likeness (QED) is 0.282. The van der Waals surface area contributed by atoms with Gasteiger partial charge >= 0.3 is 5.97 Å². The van der Waals surface area contributed by atoms with Crippen LogP contribution in [0, 0.1) is 46.3 Å². The second-order valence-corrected chi connectivity index (χ2v) is 18.2. The predicted molar refractivity (Wildman–Crippen MR) is 135 cm³/mol. The van der Waals surface area contributed by atoms with Crippen LogP contribution in [0.3, 0.4) is 0 Å². The van der Waals surface area contributed by atoms with E-state index in [2.05, 4.69) is 40.4 Å². The standard InChI is InChI=1S/C28H48O5Si/c1-18(8-11-24(30)32-4)20-9-10-21-25-22(12-13-27(20,21)3)26(2)14-15-28(31,33-34(5,6)7)17-19(26)16-23(25)29/h18-22,25,31H,8-17H2,1-7H3/t18-,19+,20-,21+,22+,25+,26+,27-,28+/m1/s1. The Morgan fingerprint density at radius 1 is 1.09 bits per heavy atom. The largest absolute Gasteiger partial charge is 0.469 e. The van der Waals surface area contributed by atoms with Crippen molar-refractivity contribution in [2.45, 2.75) is 110 Å². The van der Waals surface area contributed by atoms with E-state index in [9.17, 15) is 14.7 Å². The molecule has 4 fully saturated rings. The van der Waals surface area contributed by atoms with Gasteiger partial charge in [-0.2, -0.15) is 0 Å². The van der Waals surface area contributed by atoms with Gasteiger partial charge in [-0.1, -0.05) is 20.8 Å². The number of fused-ring (bicyclic) bond motifs is 5. The lowest BCUT2D eigenvalue weighted by Crippen LogP contribution is -2.60. The Morgan fingerprint density at radius 2 is 1.76 bits per heavy atom. The molecule has 4 aliphatic carbocycles. The first-order chi connectivity index (χ1) is 15.7. The number of hydrogen-bond acceptors (Lipinski definition) is 5. The minimum atomic E-state index is -1.88. The SMILES string of the molecule is COC(=O)CC[C@@H](C)[C@H]1CC[C@H]2[C@@H]3C(=O)C[C@H]4C[C@@](O)(O[Si](C)(C)C)CC[C@]4(C)[C@H]3CC[C@]12C. The second kappa shape index (κ2) is 8.99. The van der Waals surface area contributed by atoms with Crippen LogP contribution in [0.25, 0.3) is 0 Å². The molecule has 6 heteroatoms. The van der Waals surface area contributed by atoms with E-state index in [0.29, 0.717) is 55.1 Å². The Bertz CT molecular complexity index is 807. The number of ether oxygens (including phenoxy) is 1. The Labute approximate surface area is 207 Å². The molecule has 0 bridgehead atoms. The van der Waals surface area contributed by atoms with E-state index in [1.54, 1.807) is 0 Å².